The smallest absolute Gasteiger partial charge is 0.352 e. The quantitative estimate of drug-likeness (QED) is 0.829. The van der Waals surface area contributed by atoms with Crippen LogP contribution >= 0.6 is 11.3 Å². The number of hydrogen-bond acceptors (Lipinski definition) is 7. The molecular weight excluding hydrogens is 326 g/mol. The number of thiophene rings is 1. The third-order valence-electron chi connectivity index (χ3n) is 4.47. The topological polar surface area (TPSA) is 75.5 Å². The zero-order valence-corrected chi connectivity index (χ0v) is 14.9. The Labute approximate surface area is 145 Å². The number of carbonyl (C=O) groups is 1. The molecule has 0 aromatic carbocycles. The maximum absolute atomic E-state index is 12.4. The van der Waals surface area contributed by atoms with Gasteiger partial charge in [-0.25, -0.2) is 14.8 Å². The van der Waals surface area contributed by atoms with E-state index < -0.39 is 5.97 Å². The van der Waals surface area contributed by atoms with Crippen LogP contribution in [0.3, 0.4) is 0 Å². The summed E-state index contributed by atoms with van der Waals surface area (Å²) in [6.07, 6.45) is 6.75. The lowest BCUT2D eigenvalue weighted by molar-refractivity contribution is 0.0214. The fourth-order valence-corrected chi connectivity index (χ4v) is 3.97. The Balaban J connectivity index is 1.85. The molecule has 0 aliphatic heterocycles. The summed E-state index contributed by atoms with van der Waals surface area (Å²) >= 11 is 1.17. The third kappa shape index (κ3) is 3.31. The summed E-state index contributed by atoms with van der Waals surface area (Å²) in [5.74, 6) is 0.0923. The minimum Gasteiger partial charge on any atom is -0.505 e. The summed E-state index contributed by atoms with van der Waals surface area (Å²) in [5, 5.41) is 10.9. The van der Waals surface area contributed by atoms with Gasteiger partial charge in [0.05, 0.1) is 5.39 Å². The lowest BCUT2D eigenvalue weighted by atomic mass is 9.98. The number of ether oxygens (including phenoxy) is 1. The molecule has 3 rings (SSSR count). The van der Waals surface area contributed by atoms with Gasteiger partial charge in [-0.1, -0.05) is 6.42 Å². The van der Waals surface area contributed by atoms with Crippen LogP contribution in [0, 0.1) is 0 Å². The van der Waals surface area contributed by atoms with Crippen molar-refractivity contribution in [2.45, 2.75) is 52.1 Å². The Bertz CT molecular complexity index is 721. The van der Waals surface area contributed by atoms with Crippen LogP contribution in [0.25, 0.3) is 10.2 Å². The maximum Gasteiger partial charge on any atom is 0.352 e. The summed E-state index contributed by atoms with van der Waals surface area (Å²) in [6.45, 7) is 5.68. The molecule has 0 bridgehead atoms. The lowest BCUT2D eigenvalue weighted by Gasteiger charge is -2.21. The number of carbonyl (C=O) groups excluding carboxylic acids is 1. The largest absolute Gasteiger partial charge is 0.505 e. The number of anilines is 1. The SMILES string of the molecule is CCN(CC)c1ncc2c(O)c(C(=O)OC3CCCCC3)sc2n1. The van der Waals surface area contributed by atoms with Crippen molar-refractivity contribution in [1.29, 1.82) is 0 Å². The van der Waals surface area contributed by atoms with Crippen molar-refractivity contribution in [2.24, 2.45) is 0 Å². The fourth-order valence-electron chi connectivity index (χ4n) is 3.05. The first kappa shape index (κ1) is 17.0. The van der Waals surface area contributed by atoms with E-state index in [1.54, 1.807) is 6.20 Å². The molecule has 0 unspecified atom stereocenters. The van der Waals surface area contributed by atoms with Gasteiger partial charge in [-0.3, -0.25) is 0 Å². The highest BCUT2D eigenvalue weighted by Crippen LogP contribution is 2.37. The van der Waals surface area contributed by atoms with E-state index in [0.717, 1.165) is 38.8 Å². The normalized spacial score (nSPS) is 15.6. The number of nitrogens with zero attached hydrogens (tertiary/aromatic N) is 3. The molecule has 24 heavy (non-hydrogen) atoms. The third-order valence-corrected chi connectivity index (χ3v) is 5.54. The van der Waals surface area contributed by atoms with Crippen molar-refractivity contribution in [3.8, 4) is 5.75 Å². The number of esters is 1. The predicted octanol–water partition coefficient (Wildman–Crippen LogP) is 3.73. The Morgan fingerprint density at radius 3 is 2.71 bits per heavy atom. The molecule has 0 radical (unpaired) electrons. The van der Waals surface area contributed by atoms with Crippen molar-refractivity contribution in [2.75, 3.05) is 18.0 Å². The van der Waals surface area contributed by atoms with Gasteiger partial charge >= 0.3 is 5.97 Å². The lowest BCUT2D eigenvalue weighted by Crippen LogP contribution is -2.23. The predicted molar refractivity (Wildman–Crippen MR) is 94.9 cm³/mol. The molecule has 1 N–H and O–H groups in total. The van der Waals surface area contributed by atoms with E-state index >= 15 is 0 Å². The standard InChI is InChI=1S/C17H23N3O3S/c1-3-20(4-2)17-18-10-12-13(21)14(24-15(12)19-17)16(22)23-11-8-6-5-7-9-11/h10-11,21H,3-9H2,1-2H3. The average Bonchev–Trinajstić information content (AvgIpc) is 2.93. The van der Waals surface area contributed by atoms with Crippen LogP contribution in [0.15, 0.2) is 6.20 Å². The van der Waals surface area contributed by atoms with E-state index in [4.69, 9.17) is 4.74 Å². The Hall–Kier alpha value is -1.89. The molecule has 7 heteroatoms. The highest BCUT2D eigenvalue weighted by molar-refractivity contribution is 7.20. The number of aromatic hydroxyl groups is 1. The molecule has 130 valence electrons. The van der Waals surface area contributed by atoms with Gasteiger partial charge < -0.3 is 14.7 Å². The molecule has 1 saturated carbocycles. The zero-order valence-electron chi connectivity index (χ0n) is 14.1. The maximum atomic E-state index is 12.4. The van der Waals surface area contributed by atoms with E-state index in [9.17, 15) is 9.90 Å². The Morgan fingerprint density at radius 1 is 1.33 bits per heavy atom. The van der Waals surface area contributed by atoms with Crippen molar-refractivity contribution in [1.82, 2.24) is 9.97 Å². The molecule has 1 fully saturated rings. The van der Waals surface area contributed by atoms with Gasteiger partial charge in [-0.05, 0) is 39.5 Å². The van der Waals surface area contributed by atoms with E-state index in [1.165, 1.54) is 17.8 Å². The molecule has 0 amide bonds. The van der Waals surface area contributed by atoms with Crippen molar-refractivity contribution in [3.63, 3.8) is 0 Å². The average molecular weight is 349 g/mol. The highest BCUT2D eigenvalue weighted by atomic mass is 32.1. The van der Waals surface area contributed by atoms with E-state index in [0.29, 0.717) is 16.2 Å². The molecular formula is C17H23N3O3S. The van der Waals surface area contributed by atoms with Gasteiger partial charge in [0.2, 0.25) is 5.95 Å². The first-order valence-corrected chi connectivity index (χ1v) is 9.40. The second-order valence-electron chi connectivity index (χ2n) is 6.01. The van der Waals surface area contributed by atoms with Gasteiger partial charge in [-0.2, -0.15) is 0 Å². The summed E-state index contributed by atoms with van der Waals surface area (Å²) in [5.41, 5.74) is 0. The molecule has 2 heterocycles. The van der Waals surface area contributed by atoms with Gasteiger partial charge in [0, 0.05) is 19.3 Å². The number of fused-ring (bicyclic) bond motifs is 1. The second-order valence-corrected chi connectivity index (χ2v) is 7.01. The first-order chi connectivity index (χ1) is 11.6. The van der Waals surface area contributed by atoms with Crippen molar-refractivity contribution in [3.05, 3.63) is 11.1 Å². The molecule has 0 atom stereocenters. The molecule has 0 spiro atoms. The van der Waals surface area contributed by atoms with Crippen LogP contribution in [0.1, 0.15) is 55.6 Å². The Kier molecular flexibility index (Phi) is 5.18. The number of aromatic nitrogens is 2. The van der Waals surface area contributed by atoms with Gasteiger partial charge in [0.1, 0.15) is 10.9 Å². The van der Waals surface area contributed by atoms with Crippen molar-refractivity contribution < 1.29 is 14.6 Å². The van der Waals surface area contributed by atoms with Gasteiger partial charge in [0.25, 0.3) is 0 Å². The minimum absolute atomic E-state index is 0.0341. The number of hydrogen-bond donors (Lipinski definition) is 1. The fraction of sp³-hybridized carbons (Fsp3) is 0.588. The number of rotatable bonds is 5. The van der Waals surface area contributed by atoms with Gasteiger partial charge in [0.15, 0.2) is 10.6 Å². The van der Waals surface area contributed by atoms with E-state index in [2.05, 4.69) is 9.97 Å². The van der Waals surface area contributed by atoms with Gasteiger partial charge in [-0.15, -0.1) is 11.3 Å². The zero-order chi connectivity index (χ0) is 17.1. The summed E-state index contributed by atoms with van der Waals surface area (Å²) in [7, 11) is 0. The molecule has 1 aliphatic rings. The first-order valence-electron chi connectivity index (χ1n) is 8.58. The van der Waals surface area contributed by atoms with Crippen LogP contribution < -0.4 is 4.90 Å². The van der Waals surface area contributed by atoms with Crippen LogP contribution in [0.2, 0.25) is 0 Å². The second kappa shape index (κ2) is 7.34. The van der Waals surface area contributed by atoms with Crippen LogP contribution in [0.5, 0.6) is 5.75 Å². The molecule has 2 aromatic rings. The minimum atomic E-state index is -0.452. The van der Waals surface area contributed by atoms with Crippen LogP contribution in [-0.2, 0) is 4.74 Å². The monoisotopic (exact) mass is 349 g/mol. The molecule has 2 aromatic heterocycles. The summed E-state index contributed by atoms with van der Waals surface area (Å²) in [4.78, 5) is 24.1. The van der Waals surface area contributed by atoms with Crippen molar-refractivity contribution >= 4 is 33.5 Å². The van der Waals surface area contributed by atoms with E-state index in [1.807, 2.05) is 18.7 Å². The Morgan fingerprint density at radius 2 is 2.04 bits per heavy atom. The van der Waals surface area contributed by atoms with E-state index in [-0.39, 0.29) is 16.7 Å². The molecule has 0 saturated heterocycles. The molecule has 1 aliphatic carbocycles. The molecule has 6 nitrogen and oxygen atoms in total. The highest BCUT2D eigenvalue weighted by Gasteiger charge is 2.25. The summed E-state index contributed by atoms with van der Waals surface area (Å²) in [6, 6.07) is 0. The summed E-state index contributed by atoms with van der Waals surface area (Å²) < 4.78 is 5.56. The van der Waals surface area contributed by atoms with Crippen LogP contribution in [-0.4, -0.2) is 40.2 Å². The van der Waals surface area contributed by atoms with Crippen LogP contribution in [0.4, 0.5) is 5.95 Å².